The van der Waals surface area contributed by atoms with Crippen LogP contribution in [0.1, 0.15) is 0 Å². The van der Waals surface area contributed by atoms with Gasteiger partial charge >= 0.3 is 12.4 Å². The van der Waals surface area contributed by atoms with Crippen molar-refractivity contribution in [1.82, 2.24) is 14.6 Å². The Balaban J connectivity index is 1.42. The van der Waals surface area contributed by atoms with Crippen LogP contribution in [-0.4, -0.2) is 27.0 Å². The molecule has 3 aromatic heterocycles. The van der Waals surface area contributed by atoms with Crippen LogP contribution in [0, 0.1) is 0 Å². The van der Waals surface area contributed by atoms with Gasteiger partial charge in [-0.05, 0) is 47.8 Å². The van der Waals surface area contributed by atoms with Gasteiger partial charge in [0.2, 0.25) is 0 Å². The number of ether oxygens (including phenoxy) is 1. The Labute approximate surface area is 165 Å². The number of urea groups is 1. The lowest BCUT2D eigenvalue weighted by atomic mass is 10.3. The molecule has 1 aromatic carbocycles. The smallest absolute Gasteiger partial charge is 0.406 e. The molecular formula is C18H12F3N5O2S. The first kappa shape index (κ1) is 18.7. The summed E-state index contributed by atoms with van der Waals surface area (Å²) >= 11 is 1.54. The number of hydrogen-bond donors (Lipinski definition) is 2. The van der Waals surface area contributed by atoms with Crippen LogP contribution in [0.25, 0.3) is 17.0 Å². The number of aromatic nitrogens is 3. The Morgan fingerprint density at radius 2 is 1.76 bits per heavy atom. The van der Waals surface area contributed by atoms with Gasteiger partial charge in [-0.3, -0.25) is 0 Å². The summed E-state index contributed by atoms with van der Waals surface area (Å²) in [6.45, 7) is 0. The normalized spacial score (nSPS) is 11.4. The van der Waals surface area contributed by atoms with E-state index in [1.165, 1.54) is 12.1 Å². The van der Waals surface area contributed by atoms with Crippen molar-refractivity contribution in [1.29, 1.82) is 0 Å². The molecule has 4 rings (SSSR count). The van der Waals surface area contributed by atoms with E-state index in [4.69, 9.17) is 0 Å². The number of halogens is 3. The van der Waals surface area contributed by atoms with E-state index in [0.717, 1.165) is 17.7 Å². The van der Waals surface area contributed by atoms with E-state index in [-0.39, 0.29) is 5.75 Å². The van der Waals surface area contributed by atoms with Crippen LogP contribution in [0.5, 0.6) is 5.75 Å². The maximum absolute atomic E-state index is 12.2. The average Bonchev–Trinajstić information content (AvgIpc) is 3.30. The number of amides is 2. The van der Waals surface area contributed by atoms with Crippen molar-refractivity contribution in [2.24, 2.45) is 0 Å². The van der Waals surface area contributed by atoms with Gasteiger partial charge in [0.25, 0.3) is 0 Å². The number of anilines is 2. The minimum absolute atomic E-state index is 0.304. The van der Waals surface area contributed by atoms with E-state index < -0.39 is 12.4 Å². The van der Waals surface area contributed by atoms with Crippen molar-refractivity contribution in [3.8, 4) is 17.1 Å². The molecule has 0 aliphatic heterocycles. The fourth-order valence-corrected chi connectivity index (χ4v) is 3.14. The Morgan fingerprint density at radius 3 is 2.45 bits per heavy atom. The second-order valence-corrected chi connectivity index (χ2v) is 6.60. The summed E-state index contributed by atoms with van der Waals surface area (Å²) in [7, 11) is 0. The Kier molecular flexibility index (Phi) is 4.80. The zero-order chi connectivity index (χ0) is 20.4. The van der Waals surface area contributed by atoms with Gasteiger partial charge in [0, 0.05) is 16.6 Å². The number of hydrogen-bond acceptors (Lipinski definition) is 5. The van der Waals surface area contributed by atoms with Gasteiger partial charge < -0.3 is 15.4 Å². The lowest BCUT2D eigenvalue weighted by Gasteiger charge is -2.10. The summed E-state index contributed by atoms with van der Waals surface area (Å²) in [5, 5.41) is 13.4. The maximum atomic E-state index is 12.2. The summed E-state index contributed by atoms with van der Waals surface area (Å²) in [6, 6.07) is 9.54. The van der Waals surface area contributed by atoms with Crippen molar-refractivity contribution >= 4 is 34.4 Å². The predicted molar refractivity (Wildman–Crippen MR) is 102 cm³/mol. The van der Waals surface area contributed by atoms with Crippen LogP contribution in [0.4, 0.5) is 29.3 Å². The van der Waals surface area contributed by atoms with E-state index in [1.54, 1.807) is 34.2 Å². The first-order valence-corrected chi connectivity index (χ1v) is 9.13. The van der Waals surface area contributed by atoms with Gasteiger partial charge in [-0.1, -0.05) is 0 Å². The molecule has 0 radical (unpaired) electrons. The molecule has 2 N–H and O–H groups in total. The molecule has 7 nitrogen and oxygen atoms in total. The van der Waals surface area contributed by atoms with E-state index in [9.17, 15) is 18.0 Å². The third-order valence-corrected chi connectivity index (χ3v) is 4.40. The van der Waals surface area contributed by atoms with Crippen LogP contribution in [0.3, 0.4) is 0 Å². The van der Waals surface area contributed by atoms with E-state index in [0.29, 0.717) is 22.8 Å². The lowest BCUT2D eigenvalue weighted by Crippen LogP contribution is -2.20. The molecule has 0 saturated carbocycles. The van der Waals surface area contributed by atoms with Crippen LogP contribution in [0.2, 0.25) is 0 Å². The number of carbonyl (C=O) groups excluding carboxylic acids is 1. The first-order chi connectivity index (χ1) is 13.9. The molecule has 11 heteroatoms. The number of rotatable bonds is 4. The standard InChI is InChI=1S/C18H12F3N5O2S/c19-18(20,21)28-14-4-1-12(2-5-14)22-17(27)23-13-3-6-15-24-16(25-26(15)9-13)11-7-8-29-10-11/h1-10H,(H2,22,23,27). The molecule has 0 atom stereocenters. The summed E-state index contributed by atoms with van der Waals surface area (Å²) in [6.07, 6.45) is -3.16. The highest BCUT2D eigenvalue weighted by atomic mass is 32.1. The molecular weight excluding hydrogens is 407 g/mol. The molecule has 3 heterocycles. The summed E-state index contributed by atoms with van der Waals surface area (Å²) in [4.78, 5) is 16.6. The van der Waals surface area contributed by atoms with Crippen molar-refractivity contribution in [3.63, 3.8) is 0 Å². The Bertz CT molecular complexity index is 1140. The molecule has 0 spiro atoms. The SMILES string of the molecule is O=C(Nc1ccc(OC(F)(F)F)cc1)Nc1ccc2nc(-c3ccsc3)nn2c1. The van der Waals surface area contributed by atoms with Gasteiger partial charge in [0.05, 0.1) is 11.9 Å². The molecule has 0 bridgehead atoms. The number of benzene rings is 1. The monoisotopic (exact) mass is 419 g/mol. The molecule has 0 aliphatic carbocycles. The van der Waals surface area contributed by atoms with Crippen LogP contribution >= 0.6 is 11.3 Å². The van der Waals surface area contributed by atoms with Gasteiger partial charge in [-0.15, -0.1) is 18.3 Å². The quantitative estimate of drug-likeness (QED) is 0.488. The summed E-state index contributed by atoms with van der Waals surface area (Å²) in [5.74, 6) is 0.204. The molecule has 0 aliphatic rings. The lowest BCUT2D eigenvalue weighted by molar-refractivity contribution is -0.274. The van der Waals surface area contributed by atoms with Crippen LogP contribution < -0.4 is 15.4 Å². The zero-order valence-corrected chi connectivity index (χ0v) is 15.3. The number of nitrogens with zero attached hydrogens (tertiary/aromatic N) is 3. The number of thiophene rings is 1. The van der Waals surface area contributed by atoms with E-state index in [2.05, 4.69) is 25.5 Å². The molecule has 4 aromatic rings. The number of alkyl halides is 3. The molecule has 0 saturated heterocycles. The fourth-order valence-electron chi connectivity index (χ4n) is 2.50. The first-order valence-electron chi connectivity index (χ1n) is 8.18. The van der Waals surface area contributed by atoms with Crippen LogP contribution in [-0.2, 0) is 0 Å². The molecule has 2 amide bonds. The minimum Gasteiger partial charge on any atom is -0.406 e. The molecule has 0 unspecified atom stereocenters. The number of pyridine rings is 1. The predicted octanol–water partition coefficient (Wildman–Crippen LogP) is 5.00. The largest absolute Gasteiger partial charge is 0.573 e. The van der Waals surface area contributed by atoms with Crippen molar-refractivity contribution in [3.05, 3.63) is 59.4 Å². The fraction of sp³-hybridized carbons (Fsp3) is 0.0556. The van der Waals surface area contributed by atoms with Gasteiger partial charge in [-0.25, -0.2) is 14.3 Å². The second-order valence-electron chi connectivity index (χ2n) is 5.82. The highest BCUT2D eigenvalue weighted by Crippen LogP contribution is 2.24. The average molecular weight is 419 g/mol. The highest BCUT2D eigenvalue weighted by Gasteiger charge is 2.30. The zero-order valence-electron chi connectivity index (χ0n) is 14.5. The van der Waals surface area contributed by atoms with Crippen molar-refractivity contribution < 1.29 is 22.7 Å². The van der Waals surface area contributed by atoms with Gasteiger partial charge in [-0.2, -0.15) is 11.3 Å². The van der Waals surface area contributed by atoms with E-state index in [1.807, 2.05) is 16.8 Å². The summed E-state index contributed by atoms with van der Waals surface area (Å²) < 4.78 is 41.9. The third kappa shape index (κ3) is 4.63. The number of carbonyl (C=O) groups is 1. The minimum atomic E-state index is -4.77. The maximum Gasteiger partial charge on any atom is 0.573 e. The van der Waals surface area contributed by atoms with Crippen molar-refractivity contribution in [2.75, 3.05) is 10.6 Å². The van der Waals surface area contributed by atoms with Crippen LogP contribution in [0.15, 0.2) is 59.4 Å². The molecule has 148 valence electrons. The third-order valence-electron chi connectivity index (χ3n) is 3.71. The summed E-state index contributed by atoms with van der Waals surface area (Å²) in [5.41, 5.74) is 2.30. The van der Waals surface area contributed by atoms with E-state index >= 15 is 0 Å². The highest BCUT2D eigenvalue weighted by molar-refractivity contribution is 7.08. The van der Waals surface area contributed by atoms with Crippen molar-refractivity contribution in [2.45, 2.75) is 6.36 Å². The Hall–Kier alpha value is -3.60. The van der Waals surface area contributed by atoms with Gasteiger partial charge in [0.15, 0.2) is 11.5 Å². The topological polar surface area (TPSA) is 80.5 Å². The Morgan fingerprint density at radius 1 is 1.03 bits per heavy atom. The molecule has 29 heavy (non-hydrogen) atoms. The van der Waals surface area contributed by atoms with Gasteiger partial charge in [0.1, 0.15) is 5.75 Å². The second kappa shape index (κ2) is 7.43. The number of nitrogens with one attached hydrogen (secondary N) is 2. The number of fused-ring (bicyclic) bond motifs is 1. The molecule has 0 fully saturated rings.